The summed E-state index contributed by atoms with van der Waals surface area (Å²) in [6.45, 7) is 13.2. The SMILES string of the molecule is Cn1c(-c2cc(C(C)(C)C)ccc2O)nc2c(-c3[c-]c(-c4cc(-c5cccnc5)cc5cccnc45)cc(C(C)(C)C)c3)cccc21.[Pt]. The first-order valence-corrected chi connectivity index (χ1v) is 16.1. The average Bonchev–Trinajstić information content (AvgIpc) is 3.39. The van der Waals surface area contributed by atoms with E-state index in [-0.39, 0.29) is 37.6 Å². The van der Waals surface area contributed by atoms with Crippen molar-refractivity contribution < 1.29 is 26.2 Å². The standard InChI is InChI=1S/C42H39N4O.Pt/c1-41(2,3)31-15-16-37(47)35(24-31)40-45-39-33(13-8-14-36(39)46(40)7)29-20-30(22-32(21-29)42(4,5)6)34-23-28(27-12-9-17-43-25-27)19-26-11-10-18-44-38(26)34;/h8-19,21-25,47H,1-7H3;/q-1;. The summed E-state index contributed by atoms with van der Waals surface area (Å²) in [5.74, 6) is 0.942. The molecule has 0 atom stereocenters. The smallest absolute Gasteiger partial charge is 0.143 e. The number of nitrogens with zero attached hydrogens (tertiary/aromatic N) is 4. The molecule has 0 bridgehead atoms. The van der Waals surface area contributed by atoms with Crippen molar-refractivity contribution in [1.82, 2.24) is 19.5 Å². The quantitative estimate of drug-likeness (QED) is 0.180. The first kappa shape index (κ1) is 33.3. The number of benzene rings is 4. The Bertz CT molecular complexity index is 2290. The van der Waals surface area contributed by atoms with Gasteiger partial charge in [-0.15, -0.1) is 34.9 Å². The maximum Gasteiger partial charge on any atom is 0.143 e. The number of aromatic hydroxyl groups is 1. The summed E-state index contributed by atoms with van der Waals surface area (Å²) < 4.78 is 2.07. The van der Waals surface area contributed by atoms with E-state index in [1.807, 2.05) is 37.6 Å². The third kappa shape index (κ3) is 6.08. The Kier molecular flexibility index (Phi) is 8.64. The summed E-state index contributed by atoms with van der Waals surface area (Å²) in [4.78, 5) is 14.4. The summed E-state index contributed by atoms with van der Waals surface area (Å²) in [5, 5.41) is 12.1. The average molecular weight is 811 g/mol. The van der Waals surface area contributed by atoms with Crippen LogP contribution in [0.3, 0.4) is 0 Å². The third-order valence-corrected chi connectivity index (χ3v) is 9.03. The van der Waals surface area contributed by atoms with Gasteiger partial charge >= 0.3 is 0 Å². The Morgan fingerprint density at radius 3 is 2.10 bits per heavy atom. The largest absolute Gasteiger partial charge is 0.507 e. The van der Waals surface area contributed by atoms with Gasteiger partial charge in [-0.3, -0.25) is 9.97 Å². The topological polar surface area (TPSA) is 63.8 Å². The fraction of sp³-hybridized carbons (Fsp3) is 0.214. The number of hydrogen-bond donors (Lipinski definition) is 1. The maximum atomic E-state index is 11.0. The van der Waals surface area contributed by atoms with Gasteiger partial charge in [0.2, 0.25) is 0 Å². The van der Waals surface area contributed by atoms with Gasteiger partial charge in [-0.1, -0.05) is 89.1 Å². The van der Waals surface area contributed by atoms with Gasteiger partial charge in [-0.2, -0.15) is 0 Å². The molecule has 3 aromatic heterocycles. The van der Waals surface area contributed by atoms with E-state index < -0.39 is 0 Å². The van der Waals surface area contributed by atoms with Gasteiger partial charge in [0.15, 0.2) is 0 Å². The third-order valence-electron chi connectivity index (χ3n) is 9.03. The zero-order chi connectivity index (χ0) is 33.1. The predicted octanol–water partition coefficient (Wildman–Crippen LogP) is 10.3. The minimum Gasteiger partial charge on any atom is -0.507 e. The molecule has 0 spiro atoms. The van der Waals surface area contributed by atoms with Crippen LogP contribution in [-0.4, -0.2) is 24.6 Å². The van der Waals surface area contributed by atoms with Crippen LogP contribution in [0.25, 0.3) is 66.7 Å². The Morgan fingerprint density at radius 2 is 1.40 bits per heavy atom. The van der Waals surface area contributed by atoms with Gasteiger partial charge in [0.05, 0.1) is 16.6 Å². The van der Waals surface area contributed by atoms with Crippen LogP contribution in [0.15, 0.2) is 104 Å². The van der Waals surface area contributed by atoms with Crippen molar-refractivity contribution in [2.24, 2.45) is 7.05 Å². The van der Waals surface area contributed by atoms with Gasteiger partial charge in [-0.05, 0) is 69.3 Å². The molecule has 5 nitrogen and oxygen atoms in total. The number of pyridine rings is 2. The van der Waals surface area contributed by atoms with Gasteiger partial charge in [0, 0.05) is 52.2 Å². The molecule has 244 valence electrons. The normalized spacial score (nSPS) is 12.0. The summed E-state index contributed by atoms with van der Waals surface area (Å²) in [6, 6.07) is 32.9. The van der Waals surface area contributed by atoms with Crippen molar-refractivity contribution in [2.45, 2.75) is 52.4 Å². The van der Waals surface area contributed by atoms with Crippen molar-refractivity contribution in [3.63, 3.8) is 0 Å². The number of phenolic OH excluding ortho intramolecular Hbond substituents is 1. The molecule has 0 saturated heterocycles. The van der Waals surface area contributed by atoms with E-state index in [2.05, 4.69) is 118 Å². The van der Waals surface area contributed by atoms with Crippen molar-refractivity contribution in [2.75, 3.05) is 0 Å². The van der Waals surface area contributed by atoms with Crippen LogP contribution in [-0.2, 0) is 38.9 Å². The molecule has 6 heteroatoms. The second-order valence-corrected chi connectivity index (χ2v) is 14.4. The molecule has 7 rings (SSSR count). The number of phenols is 1. The van der Waals surface area contributed by atoms with E-state index in [1.165, 1.54) is 5.56 Å². The van der Waals surface area contributed by atoms with Crippen LogP contribution in [0, 0.1) is 6.07 Å². The molecule has 4 aromatic carbocycles. The molecule has 0 aliphatic rings. The van der Waals surface area contributed by atoms with Crippen LogP contribution in [0.2, 0.25) is 0 Å². The van der Waals surface area contributed by atoms with Gasteiger partial charge in [0.25, 0.3) is 0 Å². The van der Waals surface area contributed by atoms with Crippen molar-refractivity contribution >= 4 is 21.9 Å². The Balaban J connectivity index is 0.00000401. The molecule has 0 aliphatic carbocycles. The number of aromatic nitrogens is 4. The Morgan fingerprint density at radius 1 is 0.667 bits per heavy atom. The first-order chi connectivity index (χ1) is 22.4. The maximum absolute atomic E-state index is 11.0. The number of fused-ring (bicyclic) bond motifs is 2. The van der Waals surface area contributed by atoms with Gasteiger partial charge in [-0.25, -0.2) is 4.98 Å². The molecule has 7 aromatic rings. The first-order valence-electron chi connectivity index (χ1n) is 16.1. The molecule has 0 radical (unpaired) electrons. The molecule has 0 amide bonds. The van der Waals surface area contributed by atoms with Gasteiger partial charge in [0.1, 0.15) is 11.6 Å². The monoisotopic (exact) mass is 810 g/mol. The molecule has 0 aliphatic heterocycles. The number of aryl methyl sites for hydroxylation is 1. The molecule has 0 fully saturated rings. The van der Waals surface area contributed by atoms with Crippen LogP contribution < -0.4 is 0 Å². The number of hydrogen-bond acceptors (Lipinski definition) is 4. The molecule has 0 unspecified atom stereocenters. The molecular formula is C42H39N4OPt-. The van der Waals surface area contributed by atoms with E-state index in [4.69, 9.17) is 9.97 Å². The number of rotatable bonds is 4. The summed E-state index contributed by atoms with van der Waals surface area (Å²) >= 11 is 0. The van der Waals surface area contributed by atoms with Crippen molar-refractivity contribution in [3.8, 4) is 50.5 Å². The number of imidazole rings is 1. The zero-order valence-corrected chi connectivity index (χ0v) is 30.6. The van der Waals surface area contributed by atoms with E-state index in [0.29, 0.717) is 0 Å². The van der Waals surface area contributed by atoms with Crippen LogP contribution >= 0.6 is 0 Å². The van der Waals surface area contributed by atoms with E-state index >= 15 is 0 Å². The molecule has 0 saturated carbocycles. The molecule has 3 heterocycles. The van der Waals surface area contributed by atoms with E-state index in [1.54, 1.807) is 12.3 Å². The van der Waals surface area contributed by atoms with E-state index in [0.717, 1.165) is 72.3 Å². The summed E-state index contributed by atoms with van der Waals surface area (Å²) in [7, 11) is 2.01. The van der Waals surface area contributed by atoms with Crippen LogP contribution in [0.4, 0.5) is 0 Å². The number of para-hydroxylation sites is 1. The zero-order valence-electron chi connectivity index (χ0n) is 28.4. The summed E-state index contributed by atoms with van der Waals surface area (Å²) in [6.07, 6.45) is 5.55. The van der Waals surface area contributed by atoms with E-state index in [9.17, 15) is 5.11 Å². The Labute approximate surface area is 297 Å². The van der Waals surface area contributed by atoms with Crippen molar-refractivity contribution in [1.29, 1.82) is 0 Å². The second-order valence-electron chi connectivity index (χ2n) is 14.4. The molecular weight excluding hydrogens is 772 g/mol. The fourth-order valence-electron chi connectivity index (χ4n) is 6.25. The van der Waals surface area contributed by atoms with Crippen molar-refractivity contribution in [3.05, 3.63) is 121 Å². The molecule has 48 heavy (non-hydrogen) atoms. The summed E-state index contributed by atoms with van der Waals surface area (Å²) in [5.41, 5.74) is 11.7. The van der Waals surface area contributed by atoms with Gasteiger partial charge < -0.3 is 9.67 Å². The Hall–Kier alpha value is -4.60. The second kappa shape index (κ2) is 12.4. The van der Waals surface area contributed by atoms with Crippen LogP contribution in [0.1, 0.15) is 52.7 Å². The molecule has 1 N–H and O–H groups in total. The predicted molar refractivity (Wildman–Crippen MR) is 193 cm³/mol. The minimum atomic E-state index is -0.120. The van der Waals surface area contributed by atoms with Crippen LogP contribution in [0.5, 0.6) is 5.75 Å². The minimum absolute atomic E-state index is 0. The fourth-order valence-corrected chi connectivity index (χ4v) is 6.25.